The van der Waals surface area contributed by atoms with Crippen molar-refractivity contribution in [1.82, 2.24) is 19.4 Å². The smallest absolute Gasteiger partial charge is 0.387 e. The summed E-state index contributed by atoms with van der Waals surface area (Å²) in [6.45, 7) is 0.885. The first-order chi connectivity index (χ1) is 19.2. The maximum atomic E-state index is 13.5. The van der Waals surface area contributed by atoms with Crippen molar-refractivity contribution in [3.63, 3.8) is 0 Å². The van der Waals surface area contributed by atoms with Crippen LogP contribution in [0, 0.1) is 23.2 Å². The predicted octanol–water partition coefficient (Wildman–Crippen LogP) is 4.61. The number of hydrogen-bond donors (Lipinski definition) is 0. The van der Waals surface area contributed by atoms with Crippen LogP contribution < -0.4 is 4.74 Å². The fourth-order valence-corrected chi connectivity index (χ4v) is 5.58. The number of alkyl halides is 2. The number of hydrogen-bond acceptors (Lipinski definition) is 4. The van der Waals surface area contributed by atoms with Gasteiger partial charge >= 0.3 is 6.61 Å². The van der Waals surface area contributed by atoms with Gasteiger partial charge in [-0.05, 0) is 30.3 Å². The molecule has 2 atom stereocenters. The highest BCUT2D eigenvalue weighted by Crippen LogP contribution is 2.50. The standard InChI is InChI=1S/C29H28F2N4O3/c1-29(2,3)27(37)34-14-17(15-34)9-8-16-10-11-19-20(12-16)35-21-13-22(25(35)32-19)33(4)26(36)18-6-5-7-23(24(18)21)38-28(30)31/h5-7,10-12,17,21-22,28H,13-15H2,1-4H3/t21-,22-/m1/s1/i4D3. The molecule has 2 bridgehead atoms. The molecular weight excluding hydrogens is 490 g/mol. The zero-order valence-electron chi connectivity index (χ0n) is 24.2. The van der Waals surface area contributed by atoms with Crippen LogP contribution in [-0.4, -0.2) is 57.8 Å². The summed E-state index contributed by atoms with van der Waals surface area (Å²) in [5.41, 5.74) is 1.69. The van der Waals surface area contributed by atoms with Crippen LogP contribution in [-0.2, 0) is 4.79 Å². The van der Waals surface area contributed by atoms with Gasteiger partial charge in [-0.25, -0.2) is 4.98 Å². The van der Waals surface area contributed by atoms with Crippen LogP contribution in [0.2, 0.25) is 0 Å². The Bertz CT molecular complexity index is 1640. The molecule has 38 heavy (non-hydrogen) atoms. The third-order valence-electron chi connectivity index (χ3n) is 7.38. The Kier molecular flexibility index (Phi) is 4.74. The van der Waals surface area contributed by atoms with Gasteiger partial charge < -0.3 is 19.1 Å². The number of ether oxygens (including phenoxy) is 1. The average Bonchev–Trinajstić information content (AvgIpc) is 3.34. The fourth-order valence-electron chi connectivity index (χ4n) is 5.58. The Morgan fingerprint density at radius 1 is 1.21 bits per heavy atom. The second kappa shape index (κ2) is 8.55. The Morgan fingerprint density at radius 3 is 2.71 bits per heavy atom. The summed E-state index contributed by atoms with van der Waals surface area (Å²) >= 11 is 0. The second-order valence-corrected chi connectivity index (χ2v) is 11.0. The Morgan fingerprint density at radius 2 is 2.00 bits per heavy atom. The van der Waals surface area contributed by atoms with E-state index >= 15 is 0 Å². The molecule has 1 aromatic heterocycles. The van der Waals surface area contributed by atoms with Crippen molar-refractivity contribution in [2.45, 2.75) is 45.9 Å². The van der Waals surface area contributed by atoms with E-state index in [9.17, 15) is 18.4 Å². The van der Waals surface area contributed by atoms with E-state index in [4.69, 9.17) is 13.8 Å². The molecule has 1 fully saturated rings. The number of benzene rings is 2. The molecule has 0 aliphatic carbocycles. The van der Waals surface area contributed by atoms with Gasteiger partial charge in [-0.2, -0.15) is 8.78 Å². The highest BCUT2D eigenvalue weighted by Gasteiger charge is 2.45. The van der Waals surface area contributed by atoms with E-state index in [0.717, 1.165) is 4.90 Å². The fraction of sp³-hybridized carbons (Fsp3) is 0.414. The van der Waals surface area contributed by atoms with Crippen LogP contribution in [0.3, 0.4) is 0 Å². The monoisotopic (exact) mass is 521 g/mol. The van der Waals surface area contributed by atoms with E-state index < -0.39 is 37.0 Å². The summed E-state index contributed by atoms with van der Waals surface area (Å²) in [6.07, 6.45) is 0.147. The summed E-state index contributed by atoms with van der Waals surface area (Å²) in [7, 11) is 0. The summed E-state index contributed by atoms with van der Waals surface area (Å²) < 4.78 is 57.8. The molecule has 1 saturated heterocycles. The van der Waals surface area contributed by atoms with Crippen molar-refractivity contribution in [3.05, 3.63) is 58.9 Å². The van der Waals surface area contributed by atoms with Crippen LogP contribution in [0.1, 0.15) is 70.7 Å². The van der Waals surface area contributed by atoms with Crippen LogP contribution >= 0.6 is 0 Å². The number of imidazole rings is 1. The summed E-state index contributed by atoms with van der Waals surface area (Å²) in [5, 5.41) is 0. The van der Waals surface area contributed by atoms with E-state index in [1.807, 2.05) is 37.5 Å². The molecule has 0 saturated carbocycles. The Hall–Kier alpha value is -3.93. The minimum Gasteiger partial charge on any atom is -0.434 e. The number of likely N-dealkylation sites (tertiary alicyclic amines) is 1. The van der Waals surface area contributed by atoms with Gasteiger partial charge in [0.15, 0.2) is 0 Å². The molecule has 3 aliphatic rings. The number of carbonyl (C=O) groups is 2. The lowest BCUT2D eigenvalue weighted by molar-refractivity contribution is -0.144. The SMILES string of the molecule is [2H]C([2H])([2H])N1C(=O)c2cccc(OC(F)F)c2[C@H]2C[C@@H]1c1nc3ccc(C#CC4CN(C(=O)C(C)(C)C)C4)cc3n12. The van der Waals surface area contributed by atoms with Gasteiger partial charge in [0, 0.05) is 52.7 Å². The number of aromatic nitrogens is 2. The Balaban J connectivity index is 1.41. The minimum absolute atomic E-state index is 0.00885. The first-order valence-corrected chi connectivity index (χ1v) is 12.5. The molecule has 2 aromatic carbocycles. The first kappa shape index (κ1) is 21.1. The lowest BCUT2D eigenvalue weighted by atomic mass is 9.90. The molecule has 7 nitrogen and oxygen atoms in total. The van der Waals surface area contributed by atoms with Gasteiger partial charge in [0.25, 0.3) is 5.91 Å². The molecule has 3 aliphatic heterocycles. The first-order valence-electron chi connectivity index (χ1n) is 14.0. The highest BCUT2D eigenvalue weighted by atomic mass is 19.3. The number of amides is 2. The van der Waals surface area contributed by atoms with Crippen molar-refractivity contribution >= 4 is 22.8 Å². The molecule has 4 heterocycles. The van der Waals surface area contributed by atoms with E-state index in [2.05, 4.69) is 11.8 Å². The van der Waals surface area contributed by atoms with Crippen LogP contribution in [0.4, 0.5) is 8.78 Å². The molecule has 3 aromatic rings. The minimum atomic E-state index is -3.13. The van der Waals surface area contributed by atoms with E-state index in [1.54, 1.807) is 11.0 Å². The van der Waals surface area contributed by atoms with Crippen molar-refractivity contribution in [2.75, 3.05) is 20.1 Å². The average molecular weight is 522 g/mol. The molecule has 2 amide bonds. The third kappa shape index (κ3) is 3.82. The van der Waals surface area contributed by atoms with E-state index in [0.29, 0.717) is 35.5 Å². The highest BCUT2D eigenvalue weighted by molar-refractivity contribution is 5.98. The zero-order chi connectivity index (χ0) is 29.4. The number of nitrogens with zero attached hydrogens (tertiary/aromatic N) is 4. The molecule has 0 unspecified atom stereocenters. The Labute approximate surface area is 223 Å². The lowest BCUT2D eigenvalue weighted by Gasteiger charge is -2.40. The largest absolute Gasteiger partial charge is 0.434 e. The summed E-state index contributed by atoms with van der Waals surface area (Å²) in [6, 6.07) is 8.08. The maximum absolute atomic E-state index is 13.5. The van der Waals surface area contributed by atoms with Crippen molar-refractivity contribution in [2.24, 2.45) is 11.3 Å². The third-order valence-corrected chi connectivity index (χ3v) is 7.38. The lowest BCUT2D eigenvalue weighted by Crippen LogP contribution is -2.53. The second-order valence-electron chi connectivity index (χ2n) is 11.0. The number of fused-ring (bicyclic) bond motifs is 9. The van der Waals surface area contributed by atoms with Gasteiger partial charge in [-0.15, -0.1) is 0 Å². The maximum Gasteiger partial charge on any atom is 0.387 e. The number of carbonyl (C=O) groups excluding carboxylic acids is 2. The number of halogens is 2. The van der Waals surface area contributed by atoms with Gasteiger partial charge in [0.2, 0.25) is 5.91 Å². The van der Waals surface area contributed by atoms with E-state index in [-0.39, 0.29) is 35.1 Å². The molecule has 0 N–H and O–H groups in total. The van der Waals surface area contributed by atoms with Gasteiger partial charge in [0.05, 0.1) is 29.0 Å². The summed E-state index contributed by atoms with van der Waals surface area (Å²) in [4.78, 5) is 33.3. The normalized spacial score (nSPS) is 22.1. The van der Waals surface area contributed by atoms with Crippen molar-refractivity contribution in [1.29, 1.82) is 0 Å². The quantitative estimate of drug-likeness (QED) is 0.462. The molecule has 9 heteroatoms. The van der Waals surface area contributed by atoms with Crippen LogP contribution in [0.15, 0.2) is 36.4 Å². The predicted molar refractivity (Wildman–Crippen MR) is 137 cm³/mol. The van der Waals surface area contributed by atoms with Crippen LogP contribution in [0.25, 0.3) is 11.0 Å². The van der Waals surface area contributed by atoms with Crippen molar-refractivity contribution in [3.8, 4) is 17.6 Å². The van der Waals surface area contributed by atoms with Gasteiger partial charge in [-0.3, -0.25) is 9.59 Å². The van der Waals surface area contributed by atoms with Crippen LogP contribution in [0.5, 0.6) is 5.75 Å². The van der Waals surface area contributed by atoms with Crippen molar-refractivity contribution < 1.29 is 27.2 Å². The topological polar surface area (TPSA) is 67.7 Å². The van der Waals surface area contributed by atoms with E-state index in [1.165, 1.54) is 18.2 Å². The molecule has 0 radical (unpaired) electrons. The zero-order valence-corrected chi connectivity index (χ0v) is 21.2. The molecule has 0 spiro atoms. The number of rotatable bonds is 2. The molecular formula is C29H28F2N4O3. The molecule has 6 rings (SSSR count). The summed E-state index contributed by atoms with van der Waals surface area (Å²) in [5.74, 6) is 5.96. The van der Waals surface area contributed by atoms with Gasteiger partial charge in [-0.1, -0.05) is 38.7 Å². The molecule has 196 valence electrons. The van der Waals surface area contributed by atoms with Gasteiger partial charge in [0.1, 0.15) is 11.6 Å².